The summed E-state index contributed by atoms with van der Waals surface area (Å²) >= 11 is 0. The van der Waals surface area contributed by atoms with Crippen LogP contribution in [0, 0.1) is 16.7 Å². The minimum atomic E-state index is -2.62. The van der Waals surface area contributed by atoms with E-state index in [1.54, 1.807) is 25.1 Å². The maximum Gasteiger partial charge on any atom is 0.338 e. The van der Waals surface area contributed by atoms with Crippen LogP contribution in [0.25, 0.3) is 10.4 Å². The fraction of sp³-hybridized carbons (Fsp3) is 0.649. The van der Waals surface area contributed by atoms with Gasteiger partial charge in [0.1, 0.15) is 23.9 Å². The number of ketones is 2. The fourth-order valence-electron chi connectivity index (χ4n) is 9.50. The van der Waals surface area contributed by atoms with E-state index < -0.39 is 96.2 Å². The first-order chi connectivity index (χ1) is 24.4. The summed E-state index contributed by atoms with van der Waals surface area (Å²) in [5.41, 5.74) is 1.92. The summed E-state index contributed by atoms with van der Waals surface area (Å²) in [5, 5.41) is 17.4. The molecule has 1 aliphatic heterocycles. The Hall–Kier alpha value is -3.88. The van der Waals surface area contributed by atoms with Gasteiger partial charge in [-0.3, -0.25) is 19.2 Å². The van der Waals surface area contributed by atoms with Gasteiger partial charge in [-0.25, -0.2) is 4.79 Å². The fourth-order valence-corrected chi connectivity index (χ4v) is 12.4. The largest absolute Gasteiger partial charge is 0.455 e. The van der Waals surface area contributed by atoms with E-state index in [0.717, 1.165) is 6.92 Å². The zero-order valence-corrected chi connectivity index (χ0v) is 32.3. The second kappa shape index (κ2) is 13.8. The Labute approximate surface area is 304 Å². The predicted molar refractivity (Wildman–Crippen MR) is 188 cm³/mol. The molecule has 4 aliphatic rings. The zero-order chi connectivity index (χ0) is 38.6. The van der Waals surface area contributed by atoms with Crippen LogP contribution in [0.15, 0.2) is 46.6 Å². The summed E-state index contributed by atoms with van der Waals surface area (Å²) in [4.78, 5) is 73.2. The van der Waals surface area contributed by atoms with Crippen molar-refractivity contribution in [3.63, 3.8) is 0 Å². The standard InChI is InChI=1S/C37H49N3O11Si/c1-10-52(11-2,12-3)51-24-18-25-36(19-47-25,50-22(6)42)29-32(49-33(45)23-16-14-13-15-17-23)37(46)30(39-40-38)27(43)20(4)26(34(37,7)8)28(48-21(5)41)31(44)35(24,29)9/h13-17,24-25,28-30,32,46H,10-12,18-19H2,1-9H3/t24-,25+,28+,29-,30-,32-,35+,36-,37+/m0/s1. The van der Waals surface area contributed by atoms with Crippen molar-refractivity contribution in [3.05, 3.63) is 57.5 Å². The molecule has 1 heterocycles. The number of aliphatic hydroxyl groups is 1. The average molecular weight is 740 g/mol. The lowest BCUT2D eigenvalue weighted by Crippen LogP contribution is -2.83. The molecule has 1 saturated heterocycles. The summed E-state index contributed by atoms with van der Waals surface area (Å²) in [5.74, 6) is -5.50. The van der Waals surface area contributed by atoms with Gasteiger partial charge < -0.3 is 28.5 Å². The van der Waals surface area contributed by atoms with Crippen LogP contribution in [0.5, 0.6) is 0 Å². The number of hydrogen-bond acceptors (Lipinski definition) is 12. The van der Waals surface area contributed by atoms with E-state index in [1.165, 1.54) is 39.8 Å². The summed E-state index contributed by atoms with van der Waals surface area (Å²) in [6.07, 6.45) is -5.41. The van der Waals surface area contributed by atoms with Crippen molar-refractivity contribution in [1.82, 2.24) is 0 Å². The predicted octanol–water partition coefficient (Wildman–Crippen LogP) is 5.18. The Kier molecular flexibility index (Phi) is 10.5. The van der Waals surface area contributed by atoms with E-state index in [4.69, 9.17) is 23.4 Å². The van der Waals surface area contributed by atoms with Crippen molar-refractivity contribution in [2.45, 2.75) is 129 Å². The molecule has 5 rings (SSSR count). The molecule has 1 aromatic carbocycles. The molecule has 52 heavy (non-hydrogen) atoms. The van der Waals surface area contributed by atoms with Gasteiger partial charge in [0.25, 0.3) is 0 Å². The smallest absolute Gasteiger partial charge is 0.338 e. The van der Waals surface area contributed by atoms with Crippen molar-refractivity contribution in [1.29, 1.82) is 0 Å². The number of carbonyl (C=O) groups excluding carboxylic acids is 5. The molecule has 2 saturated carbocycles. The van der Waals surface area contributed by atoms with E-state index >= 15 is 4.79 Å². The number of rotatable bonds is 10. The van der Waals surface area contributed by atoms with Gasteiger partial charge in [-0.1, -0.05) is 57.9 Å². The van der Waals surface area contributed by atoms with Crippen LogP contribution < -0.4 is 0 Å². The summed E-state index contributed by atoms with van der Waals surface area (Å²) in [7, 11) is -2.58. The molecular weight excluding hydrogens is 691 g/mol. The van der Waals surface area contributed by atoms with Crippen LogP contribution in [0.3, 0.4) is 0 Å². The van der Waals surface area contributed by atoms with Gasteiger partial charge in [-0.2, -0.15) is 0 Å². The molecule has 0 unspecified atom stereocenters. The first-order valence-electron chi connectivity index (χ1n) is 17.8. The minimum absolute atomic E-state index is 0.0257. The van der Waals surface area contributed by atoms with Crippen LogP contribution in [0.4, 0.5) is 0 Å². The Balaban J connectivity index is 1.96. The molecule has 1 aromatic rings. The van der Waals surface area contributed by atoms with Crippen LogP contribution in [-0.2, 0) is 42.6 Å². The second-order valence-electron chi connectivity index (χ2n) is 15.2. The van der Waals surface area contributed by atoms with E-state index in [9.17, 15) is 29.8 Å². The number of nitrogens with zero attached hydrogens (tertiary/aromatic N) is 3. The third-order valence-corrected chi connectivity index (χ3v) is 17.2. The number of Topliss-reactive ketones (excluding diaryl/α,β-unsaturated/α-hetero) is 2. The molecule has 0 spiro atoms. The van der Waals surface area contributed by atoms with Gasteiger partial charge in [-0.15, -0.1) is 0 Å². The summed E-state index contributed by atoms with van der Waals surface area (Å²) in [6.45, 7) is 14.2. The van der Waals surface area contributed by atoms with Gasteiger partial charge in [0.2, 0.25) is 0 Å². The van der Waals surface area contributed by atoms with Crippen LogP contribution in [-0.4, -0.2) is 91.2 Å². The topological polar surface area (TPSA) is 200 Å². The lowest BCUT2D eigenvalue weighted by atomic mass is 9.44. The first kappa shape index (κ1) is 39.3. The SMILES string of the molecule is CC[Si](CC)(CC)O[C@H]1C[C@H]2OC[C@@]2(OC(C)=O)[C@H]2[C@H](OC(=O)c3ccccc3)[C@]3(O)[C@@H](N=[N+]=[N-])C(=O)C(C)=C([C@@H](OC(C)=O)C(=O)[C@]12C)C3(C)C. The molecule has 3 aliphatic carbocycles. The monoisotopic (exact) mass is 739 g/mol. The number of ether oxygens (including phenoxy) is 4. The molecule has 0 aromatic heterocycles. The molecule has 0 radical (unpaired) electrons. The van der Waals surface area contributed by atoms with E-state index in [2.05, 4.69) is 10.0 Å². The maximum absolute atomic E-state index is 15.7. The number of benzene rings is 1. The van der Waals surface area contributed by atoms with Crippen LogP contribution >= 0.6 is 0 Å². The van der Waals surface area contributed by atoms with E-state index in [-0.39, 0.29) is 29.7 Å². The molecule has 0 amide bonds. The quantitative estimate of drug-likeness (QED) is 0.0828. The Morgan fingerprint density at radius 2 is 1.63 bits per heavy atom. The highest BCUT2D eigenvalue weighted by atomic mass is 28.4. The highest BCUT2D eigenvalue weighted by Crippen LogP contribution is 2.65. The average Bonchev–Trinajstić information content (AvgIpc) is 3.10. The van der Waals surface area contributed by atoms with E-state index in [1.807, 2.05) is 20.8 Å². The van der Waals surface area contributed by atoms with Crippen molar-refractivity contribution >= 4 is 37.8 Å². The molecule has 2 bridgehead atoms. The third-order valence-electron chi connectivity index (χ3n) is 12.6. The van der Waals surface area contributed by atoms with Crippen LogP contribution in [0.1, 0.15) is 79.1 Å². The number of azide groups is 1. The van der Waals surface area contributed by atoms with Gasteiger partial charge in [0, 0.05) is 30.6 Å². The van der Waals surface area contributed by atoms with Crippen molar-refractivity contribution < 1.29 is 52.5 Å². The van der Waals surface area contributed by atoms with Gasteiger partial charge in [0.15, 0.2) is 31.6 Å². The molecule has 282 valence electrons. The lowest BCUT2D eigenvalue weighted by molar-refractivity contribution is -0.343. The molecule has 1 N–H and O–H groups in total. The van der Waals surface area contributed by atoms with Gasteiger partial charge in [0.05, 0.1) is 29.6 Å². The zero-order valence-electron chi connectivity index (χ0n) is 31.3. The Morgan fingerprint density at radius 3 is 2.13 bits per heavy atom. The third kappa shape index (κ3) is 5.63. The normalized spacial score (nSPS) is 35.0. The number of fused-ring (bicyclic) bond motifs is 5. The minimum Gasteiger partial charge on any atom is -0.455 e. The highest BCUT2D eigenvalue weighted by molar-refractivity contribution is 6.73. The van der Waals surface area contributed by atoms with Gasteiger partial charge >= 0.3 is 17.9 Å². The number of carbonyl (C=O) groups is 5. The summed E-state index contributed by atoms with van der Waals surface area (Å²) in [6, 6.07) is 8.13. The van der Waals surface area contributed by atoms with Crippen LogP contribution in [0.2, 0.25) is 18.1 Å². The van der Waals surface area contributed by atoms with E-state index in [0.29, 0.717) is 18.1 Å². The number of hydrogen-bond donors (Lipinski definition) is 1. The maximum atomic E-state index is 15.7. The summed E-state index contributed by atoms with van der Waals surface area (Å²) < 4.78 is 31.7. The van der Waals surface area contributed by atoms with Crippen molar-refractivity contribution in [2.24, 2.45) is 21.9 Å². The first-order valence-corrected chi connectivity index (χ1v) is 20.4. The molecule has 3 fully saturated rings. The molecular formula is C37H49N3O11Si. The van der Waals surface area contributed by atoms with Crippen molar-refractivity contribution in [2.75, 3.05) is 6.61 Å². The lowest BCUT2D eigenvalue weighted by Gasteiger charge is -2.68. The van der Waals surface area contributed by atoms with Crippen molar-refractivity contribution in [3.8, 4) is 0 Å². The Morgan fingerprint density at radius 1 is 1.02 bits per heavy atom. The Bertz CT molecular complexity index is 1730. The van der Waals surface area contributed by atoms with Gasteiger partial charge in [-0.05, 0) is 60.8 Å². The number of esters is 3. The molecule has 9 atom stereocenters. The highest BCUT2D eigenvalue weighted by Gasteiger charge is 2.80. The molecule has 15 heteroatoms. The second-order valence-corrected chi connectivity index (χ2v) is 19.9. The molecule has 14 nitrogen and oxygen atoms in total.